The van der Waals surface area contributed by atoms with Crippen LogP contribution in [0.3, 0.4) is 0 Å². The molecule has 8 nitrogen and oxygen atoms in total. The molecule has 1 aliphatic carbocycles. The van der Waals surface area contributed by atoms with Crippen molar-refractivity contribution in [3.63, 3.8) is 0 Å². The lowest BCUT2D eigenvalue weighted by atomic mass is 10.0. The molecular formula is C27H30N4O4S. The number of nitrogens with one attached hydrogen (secondary N) is 2. The van der Waals surface area contributed by atoms with Gasteiger partial charge in [-0.3, -0.25) is 19.3 Å². The summed E-state index contributed by atoms with van der Waals surface area (Å²) in [6, 6.07) is 12.8. The fraction of sp³-hybridized carbons (Fsp3) is 0.333. The highest BCUT2D eigenvalue weighted by molar-refractivity contribution is 7.13. The van der Waals surface area contributed by atoms with Crippen LogP contribution < -0.4 is 15.5 Å². The number of carbonyl (C=O) groups excluding carboxylic acids is 3. The number of hydrogen-bond acceptors (Lipinski definition) is 6. The van der Waals surface area contributed by atoms with Crippen LogP contribution in [0.5, 0.6) is 5.75 Å². The van der Waals surface area contributed by atoms with E-state index in [1.54, 1.807) is 35.8 Å². The fourth-order valence-corrected chi connectivity index (χ4v) is 4.92. The standard InChI is InChI=1S/C27H30N4O4S/c1-18-6-10-21(11-7-18)31(24(34)15-14-23(33)30-27-28-16-17-36-27)25(19-8-12-22(32)13-9-19)26(35)29-20-4-2-3-5-20/h6-13,16-17,20,25,32H,2-5,14-15H2,1H3,(H,29,35)(H,28,30,33)/t25-/m0/s1. The van der Waals surface area contributed by atoms with Crippen LogP contribution >= 0.6 is 11.3 Å². The van der Waals surface area contributed by atoms with Crippen LogP contribution in [-0.4, -0.2) is 33.9 Å². The van der Waals surface area contributed by atoms with E-state index >= 15 is 0 Å². The Morgan fingerprint density at radius 3 is 2.39 bits per heavy atom. The molecule has 1 aromatic heterocycles. The van der Waals surface area contributed by atoms with Crippen molar-refractivity contribution in [3.8, 4) is 5.75 Å². The Morgan fingerprint density at radius 2 is 1.75 bits per heavy atom. The largest absolute Gasteiger partial charge is 0.508 e. The number of thiazole rings is 1. The van der Waals surface area contributed by atoms with Crippen molar-refractivity contribution in [1.29, 1.82) is 0 Å². The van der Waals surface area contributed by atoms with Gasteiger partial charge in [-0.05, 0) is 49.6 Å². The van der Waals surface area contributed by atoms with Crippen LogP contribution in [0.1, 0.15) is 55.7 Å². The van der Waals surface area contributed by atoms with Gasteiger partial charge in [0.05, 0.1) is 0 Å². The molecule has 0 saturated heterocycles. The first-order valence-corrected chi connectivity index (χ1v) is 13.0. The number of amides is 3. The number of benzene rings is 2. The Bertz CT molecular complexity index is 1170. The zero-order valence-electron chi connectivity index (χ0n) is 20.1. The zero-order chi connectivity index (χ0) is 25.5. The summed E-state index contributed by atoms with van der Waals surface area (Å²) in [6.07, 6.45) is 5.39. The van der Waals surface area contributed by atoms with Crippen molar-refractivity contribution >= 4 is 39.9 Å². The molecule has 0 aliphatic heterocycles. The Morgan fingerprint density at radius 1 is 1.06 bits per heavy atom. The topological polar surface area (TPSA) is 112 Å². The molecule has 3 N–H and O–H groups in total. The molecular weight excluding hydrogens is 476 g/mol. The highest BCUT2D eigenvalue weighted by atomic mass is 32.1. The summed E-state index contributed by atoms with van der Waals surface area (Å²) in [4.78, 5) is 45.3. The van der Waals surface area contributed by atoms with Gasteiger partial charge in [0, 0.05) is 36.1 Å². The highest BCUT2D eigenvalue weighted by Gasteiger charge is 2.34. The van der Waals surface area contributed by atoms with Crippen molar-refractivity contribution in [3.05, 3.63) is 71.2 Å². The van der Waals surface area contributed by atoms with Gasteiger partial charge in [-0.2, -0.15) is 0 Å². The predicted octanol–water partition coefficient (Wildman–Crippen LogP) is 4.71. The molecule has 1 saturated carbocycles. The minimum atomic E-state index is -0.955. The summed E-state index contributed by atoms with van der Waals surface area (Å²) in [6.45, 7) is 1.95. The van der Waals surface area contributed by atoms with E-state index in [1.807, 2.05) is 19.1 Å². The molecule has 0 bridgehead atoms. The van der Waals surface area contributed by atoms with Gasteiger partial charge in [-0.1, -0.05) is 42.7 Å². The van der Waals surface area contributed by atoms with E-state index in [-0.39, 0.29) is 42.4 Å². The van der Waals surface area contributed by atoms with E-state index < -0.39 is 6.04 Å². The van der Waals surface area contributed by atoms with Crippen LogP contribution in [0.25, 0.3) is 0 Å². The van der Waals surface area contributed by atoms with Gasteiger partial charge in [0.15, 0.2) is 5.13 Å². The Kier molecular flexibility index (Phi) is 8.32. The van der Waals surface area contributed by atoms with E-state index in [2.05, 4.69) is 15.6 Å². The summed E-state index contributed by atoms with van der Waals surface area (Å²) >= 11 is 1.30. The Balaban J connectivity index is 1.63. The number of nitrogens with zero attached hydrogens (tertiary/aromatic N) is 2. The minimum absolute atomic E-state index is 0.0483. The summed E-state index contributed by atoms with van der Waals surface area (Å²) in [7, 11) is 0. The fourth-order valence-electron chi connectivity index (χ4n) is 4.37. The highest BCUT2D eigenvalue weighted by Crippen LogP contribution is 2.31. The molecule has 1 heterocycles. The molecule has 3 aromatic rings. The van der Waals surface area contributed by atoms with Crippen molar-refractivity contribution in [2.24, 2.45) is 0 Å². The lowest BCUT2D eigenvalue weighted by Gasteiger charge is -2.32. The summed E-state index contributed by atoms with van der Waals surface area (Å²) in [5.41, 5.74) is 2.15. The summed E-state index contributed by atoms with van der Waals surface area (Å²) in [5, 5.41) is 17.9. The molecule has 1 atom stereocenters. The first kappa shape index (κ1) is 25.4. The third-order valence-electron chi connectivity index (χ3n) is 6.24. The third kappa shape index (κ3) is 6.48. The number of hydrogen-bond donors (Lipinski definition) is 3. The van der Waals surface area contributed by atoms with Gasteiger partial charge in [0.1, 0.15) is 11.8 Å². The monoisotopic (exact) mass is 506 g/mol. The van der Waals surface area contributed by atoms with Gasteiger partial charge in [0.2, 0.25) is 17.7 Å². The molecule has 1 aliphatic rings. The smallest absolute Gasteiger partial charge is 0.248 e. The van der Waals surface area contributed by atoms with Gasteiger partial charge < -0.3 is 15.7 Å². The number of aryl methyl sites for hydroxylation is 1. The SMILES string of the molecule is Cc1ccc(N(C(=O)CCC(=O)Nc2nccs2)[C@H](C(=O)NC2CCCC2)c2ccc(O)cc2)cc1. The predicted molar refractivity (Wildman–Crippen MR) is 140 cm³/mol. The molecule has 9 heteroatoms. The maximum absolute atomic E-state index is 13.7. The number of anilines is 2. The van der Waals surface area contributed by atoms with Crippen molar-refractivity contribution in [1.82, 2.24) is 10.3 Å². The van der Waals surface area contributed by atoms with Crippen molar-refractivity contribution in [2.75, 3.05) is 10.2 Å². The number of phenolic OH excluding ortho intramolecular Hbond substituents is 1. The van der Waals surface area contributed by atoms with E-state index in [9.17, 15) is 19.5 Å². The van der Waals surface area contributed by atoms with E-state index in [0.29, 0.717) is 16.4 Å². The molecule has 188 valence electrons. The second-order valence-corrected chi connectivity index (χ2v) is 9.86. The lowest BCUT2D eigenvalue weighted by molar-refractivity contribution is -0.127. The molecule has 36 heavy (non-hydrogen) atoms. The van der Waals surface area contributed by atoms with E-state index in [0.717, 1.165) is 31.2 Å². The number of rotatable bonds is 9. The number of aromatic hydroxyl groups is 1. The molecule has 0 unspecified atom stereocenters. The van der Waals surface area contributed by atoms with Crippen LogP contribution in [0.4, 0.5) is 10.8 Å². The first-order valence-electron chi connectivity index (χ1n) is 12.1. The molecule has 1 fully saturated rings. The second-order valence-electron chi connectivity index (χ2n) is 8.97. The number of carbonyl (C=O) groups is 3. The second kappa shape index (κ2) is 11.8. The van der Waals surface area contributed by atoms with E-state index in [4.69, 9.17) is 0 Å². The maximum atomic E-state index is 13.7. The van der Waals surface area contributed by atoms with Crippen LogP contribution in [0.15, 0.2) is 60.1 Å². The van der Waals surface area contributed by atoms with Crippen molar-refractivity contribution in [2.45, 2.75) is 57.5 Å². The van der Waals surface area contributed by atoms with Gasteiger partial charge >= 0.3 is 0 Å². The van der Waals surface area contributed by atoms with Gasteiger partial charge in [0.25, 0.3) is 0 Å². The Hall–Kier alpha value is -3.72. The third-order valence-corrected chi connectivity index (χ3v) is 6.93. The summed E-state index contributed by atoms with van der Waals surface area (Å²) < 4.78 is 0. The molecule has 4 rings (SSSR count). The van der Waals surface area contributed by atoms with Crippen LogP contribution in [0.2, 0.25) is 0 Å². The quantitative estimate of drug-likeness (QED) is 0.389. The van der Waals surface area contributed by atoms with Crippen LogP contribution in [0, 0.1) is 6.92 Å². The lowest BCUT2D eigenvalue weighted by Crippen LogP contribution is -2.46. The molecule has 3 amide bonds. The van der Waals surface area contributed by atoms with E-state index in [1.165, 1.54) is 28.4 Å². The van der Waals surface area contributed by atoms with Crippen LogP contribution in [-0.2, 0) is 14.4 Å². The molecule has 0 spiro atoms. The first-order chi connectivity index (χ1) is 17.4. The Labute approximate surface area is 214 Å². The zero-order valence-corrected chi connectivity index (χ0v) is 21.0. The number of aromatic nitrogens is 1. The minimum Gasteiger partial charge on any atom is -0.508 e. The van der Waals surface area contributed by atoms with Gasteiger partial charge in [-0.15, -0.1) is 11.3 Å². The molecule has 2 aromatic carbocycles. The normalized spacial score (nSPS) is 14.2. The summed E-state index contributed by atoms with van der Waals surface area (Å²) in [5.74, 6) is -0.888. The number of phenols is 1. The van der Waals surface area contributed by atoms with Crippen molar-refractivity contribution < 1.29 is 19.5 Å². The molecule has 0 radical (unpaired) electrons. The van der Waals surface area contributed by atoms with Gasteiger partial charge in [-0.25, -0.2) is 4.98 Å². The average Bonchev–Trinajstić information content (AvgIpc) is 3.57. The maximum Gasteiger partial charge on any atom is 0.248 e. The average molecular weight is 507 g/mol.